The highest BCUT2D eigenvalue weighted by Crippen LogP contribution is 2.36. The first-order valence-electron chi connectivity index (χ1n) is 7.40. The van der Waals surface area contributed by atoms with Gasteiger partial charge in [0.1, 0.15) is 11.9 Å². The topological polar surface area (TPSA) is 35.2 Å². The van der Waals surface area contributed by atoms with E-state index in [9.17, 15) is 0 Å². The molecule has 104 valence electrons. The van der Waals surface area contributed by atoms with Gasteiger partial charge in [-0.2, -0.15) is 11.8 Å². The van der Waals surface area contributed by atoms with Gasteiger partial charge in [-0.25, -0.2) is 0 Å². The minimum atomic E-state index is -0.0841. The highest BCUT2D eigenvalue weighted by atomic mass is 32.2. The Bertz CT molecular complexity index is 405. The van der Waals surface area contributed by atoms with Crippen LogP contribution in [0.5, 0.6) is 5.75 Å². The van der Waals surface area contributed by atoms with E-state index in [1.807, 2.05) is 11.8 Å². The molecule has 1 aliphatic heterocycles. The molecule has 1 saturated carbocycles. The minimum absolute atomic E-state index is 0.0841. The summed E-state index contributed by atoms with van der Waals surface area (Å²) in [5, 5.41) is 0. The zero-order valence-electron chi connectivity index (χ0n) is 11.4. The number of benzene rings is 1. The lowest BCUT2D eigenvalue weighted by Gasteiger charge is -2.25. The SMILES string of the molecule is NC1(c2ccc(OC3CCCSC3)cc2)CCCC1. The van der Waals surface area contributed by atoms with E-state index in [1.165, 1.54) is 37.0 Å². The second-order valence-electron chi connectivity index (χ2n) is 5.84. The normalized spacial score (nSPS) is 26.3. The zero-order valence-corrected chi connectivity index (χ0v) is 12.3. The van der Waals surface area contributed by atoms with Crippen molar-refractivity contribution in [2.24, 2.45) is 5.73 Å². The molecule has 0 spiro atoms. The molecule has 2 fully saturated rings. The molecular weight excluding hydrogens is 254 g/mol. The monoisotopic (exact) mass is 277 g/mol. The van der Waals surface area contributed by atoms with Crippen molar-refractivity contribution in [3.05, 3.63) is 29.8 Å². The number of nitrogens with two attached hydrogens (primary N) is 1. The molecule has 1 saturated heterocycles. The van der Waals surface area contributed by atoms with Gasteiger partial charge in [0.25, 0.3) is 0 Å². The molecule has 1 unspecified atom stereocenters. The summed E-state index contributed by atoms with van der Waals surface area (Å²) >= 11 is 2.00. The minimum Gasteiger partial charge on any atom is -0.490 e. The van der Waals surface area contributed by atoms with Crippen molar-refractivity contribution in [3.63, 3.8) is 0 Å². The Balaban J connectivity index is 1.65. The zero-order chi connectivity index (χ0) is 13.1. The van der Waals surface area contributed by atoms with E-state index in [0.717, 1.165) is 24.3 Å². The Hall–Kier alpha value is -0.670. The molecule has 1 atom stereocenters. The summed E-state index contributed by atoms with van der Waals surface area (Å²) in [6.07, 6.45) is 7.61. The maximum absolute atomic E-state index is 6.47. The van der Waals surface area contributed by atoms with Crippen LogP contribution < -0.4 is 10.5 Å². The van der Waals surface area contributed by atoms with Crippen LogP contribution in [-0.4, -0.2) is 17.6 Å². The van der Waals surface area contributed by atoms with Crippen LogP contribution >= 0.6 is 11.8 Å². The van der Waals surface area contributed by atoms with Crippen molar-refractivity contribution in [3.8, 4) is 5.75 Å². The number of hydrogen-bond donors (Lipinski definition) is 1. The molecule has 3 heteroatoms. The predicted octanol–water partition coefficient (Wildman–Crippen LogP) is 3.69. The van der Waals surface area contributed by atoms with Gasteiger partial charge in [-0.15, -0.1) is 0 Å². The van der Waals surface area contributed by atoms with Crippen molar-refractivity contribution in [2.75, 3.05) is 11.5 Å². The molecule has 1 aliphatic carbocycles. The van der Waals surface area contributed by atoms with Crippen molar-refractivity contribution in [1.82, 2.24) is 0 Å². The Kier molecular flexibility index (Phi) is 4.04. The fourth-order valence-corrected chi connectivity index (χ4v) is 4.19. The molecule has 1 aromatic carbocycles. The number of thioether (sulfide) groups is 1. The van der Waals surface area contributed by atoms with Gasteiger partial charge in [0.2, 0.25) is 0 Å². The first kappa shape index (κ1) is 13.3. The van der Waals surface area contributed by atoms with Gasteiger partial charge in [0.15, 0.2) is 0 Å². The van der Waals surface area contributed by atoms with Crippen LogP contribution in [0.25, 0.3) is 0 Å². The third kappa shape index (κ3) is 3.09. The van der Waals surface area contributed by atoms with E-state index in [-0.39, 0.29) is 5.54 Å². The Labute approximate surface area is 120 Å². The number of ether oxygens (including phenoxy) is 1. The van der Waals surface area contributed by atoms with Crippen LogP contribution in [0, 0.1) is 0 Å². The smallest absolute Gasteiger partial charge is 0.119 e. The van der Waals surface area contributed by atoms with E-state index >= 15 is 0 Å². The quantitative estimate of drug-likeness (QED) is 0.915. The lowest BCUT2D eigenvalue weighted by Crippen LogP contribution is -2.32. The van der Waals surface area contributed by atoms with Crippen molar-refractivity contribution in [1.29, 1.82) is 0 Å². The van der Waals surface area contributed by atoms with Crippen LogP contribution in [0.4, 0.5) is 0 Å². The summed E-state index contributed by atoms with van der Waals surface area (Å²) in [6, 6.07) is 8.52. The van der Waals surface area contributed by atoms with Crippen LogP contribution in [0.3, 0.4) is 0 Å². The van der Waals surface area contributed by atoms with Crippen molar-refractivity contribution < 1.29 is 4.74 Å². The Morgan fingerprint density at radius 2 is 1.84 bits per heavy atom. The first-order valence-corrected chi connectivity index (χ1v) is 8.56. The second kappa shape index (κ2) is 5.76. The maximum Gasteiger partial charge on any atom is 0.119 e. The highest BCUT2D eigenvalue weighted by molar-refractivity contribution is 7.99. The van der Waals surface area contributed by atoms with E-state index in [1.54, 1.807) is 0 Å². The van der Waals surface area contributed by atoms with Gasteiger partial charge in [0, 0.05) is 11.3 Å². The van der Waals surface area contributed by atoms with E-state index in [0.29, 0.717) is 6.10 Å². The molecule has 3 rings (SSSR count). The summed E-state index contributed by atoms with van der Waals surface area (Å²) in [7, 11) is 0. The van der Waals surface area contributed by atoms with Gasteiger partial charge in [-0.1, -0.05) is 25.0 Å². The van der Waals surface area contributed by atoms with Gasteiger partial charge < -0.3 is 10.5 Å². The first-order chi connectivity index (χ1) is 9.26. The van der Waals surface area contributed by atoms with Gasteiger partial charge in [-0.05, 0) is 49.1 Å². The van der Waals surface area contributed by atoms with E-state index < -0.39 is 0 Å². The summed E-state index contributed by atoms with van der Waals surface area (Å²) in [6.45, 7) is 0. The molecular formula is C16H23NOS. The fourth-order valence-electron chi connectivity index (χ4n) is 3.16. The molecule has 2 N–H and O–H groups in total. The predicted molar refractivity (Wildman–Crippen MR) is 81.8 cm³/mol. The lowest BCUT2D eigenvalue weighted by molar-refractivity contribution is 0.211. The van der Waals surface area contributed by atoms with Gasteiger partial charge in [0.05, 0.1) is 0 Å². The van der Waals surface area contributed by atoms with Crippen LogP contribution in [0.1, 0.15) is 44.1 Å². The second-order valence-corrected chi connectivity index (χ2v) is 6.99. The third-order valence-electron chi connectivity index (χ3n) is 4.35. The van der Waals surface area contributed by atoms with E-state index in [4.69, 9.17) is 10.5 Å². The highest BCUT2D eigenvalue weighted by Gasteiger charge is 2.31. The molecule has 1 heterocycles. The lowest BCUT2D eigenvalue weighted by atomic mass is 9.89. The summed E-state index contributed by atoms with van der Waals surface area (Å²) in [5.74, 6) is 3.41. The van der Waals surface area contributed by atoms with Crippen molar-refractivity contribution in [2.45, 2.75) is 50.2 Å². The van der Waals surface area contributed by atoms with Crippen LogP contribution in [-0.2, 0) is 5.54 Å². The molecule has 2 aliphatic rings. The summed E-state index contributed by atoms with van der Waals surface area (Å²) < 4.78 is 6.04. The van der Waals surface area contributed by atoms with Crippen LogP contribution in [0.2, 0.25) is 0 Å². The van der Waals surface area contributed by atoms with Crippen molar-refractivity contribution >= 4 is 11.8 Å². The van der Waals surface area contributed by atoms with E-state index in [2.05, 4.69) is 24.3 Å². The molecule has 0 radical (unpaired) electrons. The molecule has 0 bridgehead atoms. The summed E-state index contributed by atoms with van der Waals surface area (Å²) in [5.41, 5.74) is 7.66. The fraction of sp³-hybridized carbons (Fsp3) is 0.625. The van der Waals surface area contributed by atoms with Gasteiger partial charge in [-0.3, -0.25) is 0 Å². The molecule has 1 aromatic rings. The average molecular weight is 277 g/mol. The molecule has 0 aromatic heterocycles. The number of rotatable bonds is 3. The largest absolute Gasteiger partial charge is 0.490 e. The molecule has 19 heavy (non-hydrogen) atoms. The van der Waals surface area contributed by atoms with Gasteiger partial charge >= 0.3 is 0 Å². The summed E-state index contributed by atoms with van der Waals surface area (Å²) in [4.78, 5) is 0. The Morgan fingerprint density at radius 1 is 1.11 bits per heavy atom. The maximum atomic E-state index is 6.47. The average Bonchev–Trinajstić information content (AvgIpc) is 2.89. The standard InChI is InChI=1S/C16H23NOS/c17-16(9-1-2-10-16)13-5-7-14(8-6-13)18-15-4-3-11-19-12-15/h5-8,15H,1-4,9-12,17H2. The number of hydrogen-bond acceptors (Lipinski definition) is 3. The Morgan fingerprint density at radius 3 is 2.47 bits per heavy atom. The molecule has 0 amide bonds. The molecule has 2 nitrogen and oxygen atoms in total. The van der Waals surface area contributed by atoms with Crippen LogP contribution in [0.15, 0.2) is 24.3 Å². The third-order valence-corrected chi connectivity index (χ3v) is 5.53.